The number of hydrogen-bond acceptors (Lipinski definition) is 1. The maximum Gasteiger partial charge on any atom is -0.00142 e. The fourth-order valence-corrected chi connectivity index (χ4v) is 0.890. The topological polar surface area (TPSA) is 12.0 Å². The van der Waals surface area contributed by atoms with Crippen molar-refractivity contribution >= 4 is 0 Å². The average Bonchev–Trinajstić information content (AvgIpc) is 1.96. The molecule has 11 heavy (non-hydrogen) atoms. The molecule has 66 valence electrons. The highest BCUT2D eigenvalue weighted by atomic mass is 14.8. The smallest absolute Gasteiger partial charge is 0.00142 e. The lowest BCUT2D eigenvalue weighted by Crippen LogP contribution is -2.15. The third-order valence-electron chi connectivity index (χ3n) is 1.58. The molecule has 0 spiro atoms. The summed E-state index contributed by atoms with van der Waals surface area (Å²) in [5.74, 6) is 0. The van der Waals surface area contributed by atoms with Gasteiger partial charge in [-0.3, -0.25) is 0 Å². The van der Waals surface area contributed by atoms with Crippen molar-refractivity contribution in [1.29, 1.82) is 0 Å². The highest BCUT2D eigenvalue weighted by Gasteiger charge is 1.84. The van der Waals surface area contributed by atoms with Crippen molar-refractivity contribution in [2.75, 3.05) is 13.1 Å². The van der Waals surface area contributed by atoms with Gasteiger partial charge in [0.05, 0.1) is 0 Å². The van der Waals surface area contributed by atoms with E-state index in [0.717, 1.165) is 6.54 Å². The molecule has 0 aromatic carbocycles. The Bertz CT molecular complexity index is 101. The number of rotatable bonds is 6. The van der Waals surface area contributed by atoms with Crippen LogP contribution in [0.1, 0.15) is 40.0 Å². The van der Waals surface area contributed by atoms with Crippen molar-refractivity contribution in [3.8, 4) is 0 Å². The van der Waals surface area contributed by atoms with Gasteiger partial charge >= 0.3 is 0 Å². The quantitative estimate of drug-likeness (QED) is 0.459. The zero-order chi connectivity index (χ0) is 8.53. The summed E-state index contributed by atoms with van der Waals surface area (Å²) < 4.78 is 0. The second-order valence-corrected chi connectivity index (χ2v) is 3.17. The highest BCUT2D eigenvalue weighted by molar-refractivity contribution is 4.92. The third-order valence-corrected chi connectivity index (χ3v) is 1.58. The molecule has 0 aromatic heterocycles. The van der Waals surface area contributed by atoms with Crippen LogP contribution in [-0.2, 0) is 0 Å². The second kappa shape index (κ2) is 7.80. The van der Waals surface area contributed by atoms with E-state index in [-0.39, 0.29) is 0 Å². The van der Waals surface area contributed by atoms with Gasteiger partial charge in [-0.25, -0.2) is 0 Å². The standard InChI is InChI=1S/C10H21N/c1-4-5-8-11-9-6-7-10(2)3/h7,11H,4-6,8-9H2,1-3H3. The number of unbranched alkanes of at least 4 members (excludes halogenated alkanes) is 1. The fourth-order valence-electron chi connectivity index (χ4n) is 0.890. The average molecular weight is 155 g/mol. The van der Waals surface area contributed by atoms with E-state index in [1.165, 1.54) is 31.4 Å². The van der Waals surface area contributed by atoms with Crippen LogP contribution in [0.25, 0.3) is 0 Å². The van der Waals surface area contributed by atoms with Crippen LogP contribution < -0.4 is 5.32 Å². The van der Waals surface area contributed by atoms with Crippen molar-refractivity contribution in [3.63, 3.8) is 0 Å². The lowest BCUT2D eigenvalue weighted by atomic mass is 10.2. The van der Waals surface area contributed by atoms with E-state index < -0.39 is 0 Å². The molecule has 0 aromatic rings. The van der Waals surface area contributed by atoms with Crippen molar-refractivity contribution in [1.82, 2.24) is 5.32 Å². The van der Waals surface area contributed by atoms with Gasteiger partial charge in [0.25, 0.3) is 0 Å². The van der Waals surface area contributed by atoms with Gasteiger partial charge in [0.1, 0.15) is 0 Å². The molecule has 0 aliphatic heterocycles. The minimum absolute atomic E-state index is 1.13. The summed E-state index contributed by atoms with van der Waals surface area (Å²) in [6, 6.07) is 0. The lowest BCUT2D eigenvalue weighted by Gasteiger charge is -2.00. The van der Waals surface area contributed by atoms with Gasteiger partial charge < -0.3 is 5.32 Å². The molecule has 0 unspecified atom stereocenters. The van der Waals surface area contributed by atoms with Gasteiger partial charge in [0.2, 0.25) is 0 Å². The van der Waals surface area contributed by atoms with E-state index in [0.29, 0.717) is 0 Å². The third kappa shape index (κ3) is 9.70. The first kappa shape index (κ1) is 10.7. The zero-order valence-electron chi connectivity index (χ0n) is 8.11. The van der Waals surface area contributed by atoms with Crippen LogP contribution in [0.2, 0.25) is 0 Å². The van der Waals surface area contributed by atoms with E-state index in [9.17, 15) is 0 Å². The Morgan fingerprint density at radius 2 is 2.00 bits per heavy atom. The highest BCUT2D eigenvalue weighted by Crippen LogP contribution is 1.91. The van der Waals surface area contributed by atoms with Crippen molar-refractivity contribution in [2.45, 2.75) is 40.0 Å². The minimum Gasteiger partial charge on any atom is -0.316 e. The van der Waals surface area contributed by atoms with Gasteiger partial charge in [-0.1, -0.05) is 25.0 Å². The Morgan fingerprint density at radius 1 is 1.27 bits per heavy atom. The molecular weight excluding hydrogens is 134 g/mol. The van der Waals surface area contributed by atoms with Crippen LogP contribution in [-0.4, -0.2) is 13.1 Å². The first-order valence-electron chi connectivity index (χ1n) is 4.61. The largest absolute Gasteiger partial charge is 0.316 e. The molecule has 0 atom stereocenters. The minimum atomic E-state index is 1.13. The molecule has 0 aliphatic carbocycles. The molecular formula is C10H21N. The Morgan fingerprint density at radius 3 is 2.55 bits per heavy atom. The molecule has 0 saturated heterocycles. The SMILES string of the molecule is CCCCNCCC=C(C)C. The molecule has 0 bridgehead atoms. The number of allylic oxidation sites excluding steroid dienone is 1. The maximum absolute atomic E-state index is 3.40. The van der Waals surface area contributed by atoms with E-state index in [2.05, 4.69) is 32.2 Å². The van der Waals surface area contributed by atoms with Crippen LogP contribution in [0.5, 0.6) is 0 Å². The Labute approximate surface area is 70.9 Å². The maximum atomic E-state index is 3.40. The molecule has 0 radical (unpaired) electrons. The van der Waals surface area contributed by atoms with E-state index >= 15 is 0 Å². The van der Waals surface area contributed by atoms with Crippen LogP contribution >= 0.6 is 0 Å². The Hall–Kier alpha value is -0.300. The first-order chi connectivity index (χ1) is 5.27. The molecule has 1 heteroatoms. The van der Waals surface area contributed by atoms with Crippen LogP contribution in [0.3, 0.4) is 0 Å². The predicted molar refractivity (Wildman–Crippen MR) is 51.8 cm³/mol. The molecule has 0 aliphatic rings. The molecule has 0 saturated carbocycles. The molecule has 0 heterocycles. The molecule has 0 amide bonds. The van der Waals surface area contributed by atoms with E-state index in [4.69, 9.17) is 0 Å². The van der Waals surface area contributed by atoms with Gasteiger partial charge in [-0.15, -0.1) is 0 Å². The summed E-state index contributed by atoms with van der Waals surface area (Å²) in [5, 5.41) is 3.40. The fraction of sp³-hybridized carbons (Fsp3) is 0.800. The molecule has 0 fully saturated rings. The summed E-state index contributed by atoms with van der Waals surface area (Å²) in [6.45, 7) is 8.81. The van der Waals surface area contributed by atoms with Crippen molar-refractivity contribution in [2.24, 2.45) is 0 Å². The van der Waals surface area contributed by atoms with Gasteiger partial charge in [-0.05, 0) is 39.8 Å². The molecule has 1 nitrogen and oxygen atoms in total. The monoisotopic (exact) mass is 155 g/mol. The summed E-state index contributed by atoms with van der Waals surface area (Å²) in [6.07, 6.45) is 6.04. The molecule has 1 N–H and O–H groups in total. The number of nitrogens with one attached hydrogen (secondary N) is 1. The predicted octanol–water partition coefficient (Wildman–Crippen LogP) is 2.73. The van der Waals surface area contributed by atoms with Crippen molar-refractivity contribution in [3.05, 3.63) is 11.6 Å². The Kier molecular flexibility index (Phi) is 7.59. The summed E-state index contributed by atoms with van der Waals surface area (Å²) >= 11 is 0. The summed E-state index contributed by atoms with van der Waals surface area (Å²) in [4.78, 5) is 0. The van der Waals surface area contributed by atoms with Crippen LogP contribution in [0.15, 0.2) is 11.6 Å². The summed E-state index contributed by atoms with van der Waals surface area (Å²) in [5.41, 5.74) is 1.42. The van der Waals surface area contributed by atoms with Gasteiger partial charge in [-0.2, -0.15) is 0 Å². The lowest BCUT2D eigenvalue weighted by molar-refractivity contribution is 0.644. The van der Waals surface area contributed by atoms with E-state index in [1.54, 1.807) is 0 Å². The second-order valence-electron chi connectivity index (χ2n) is 3.17. The van der Waals surface area contributed by atoms with Crippen LogP contribution in [0, 0.1) is 0 Å². The van der Waals surface area contributed by atoms with Crippen molar-refractivity contribution < 1.29 is 0 Å². The first-order valence-corrected chi connectivity index (χ1v) is 4.61. The molecule has 0 rings (SSSR count). The summed E-state index contributed by atoms with van der Waals surface area (Å²) in [7, 11) is 0. The number of hydrogen-bond donors (Lipinski definition) is 1. The van der Waals surface area contributed by atoms with E-state index in [1.807, 2.05) is 0 Å². The van der Waals surface area contributed by atoms with Crippen LogP contribution in [0.4, 0.5) is 0 Å². The zero-order valence-corrected chi connectivity index (χ0v) is 8.11. The normalized spacial score (nSPS) is 9.73. The van der Waals surface area contributed by atoms with Gasteiger partial charge in [0, 0.05) is 0 Å². The van der Waals surface area contributed by atoms with Gasteiger partial charge in [0.15, 0.2) is 0 Å². The Balaban J connectivity index is 2.97.